The van der Waals surface area contributed by atoms with Crippen LogP contribution in [0.5, 0.6) is 0 Å². The van der Waals surface area contributed by atoms with Crippen molar-refractivity contribution in [1.29, 1.82) is 0 Å². The lowest BCUT2D eigenvalue weighted by Crippen LogP contribution is -2.32. The predicted octanol–water partition coefficient (Wildman–Crippen LogP) is 4.33. The van der Waals surface area contributed by atoms with Crippen LogP contribution >= 0.6 is 15.9 Å². The molecule has 0 fully saturated rings. The van der Waals surface area contributed by atoms with Gasteiger partial charge >= 0.3 is 0 Å². The Balaban J connectivity index is 2.57. The number of nitrogens with one attached hydrogen (secondary N) is 1. The molecule has 17 heavy (non-hydrogen) atoms. The Bertz CT molecular complexity index is 342. The summed E-state index contributed by atoms with van der Waals surface area (Å²) in [6.07, 6.45) is 3.29. The number of rotatable bonds is 7. The first kappa shape index (κ1) is 14.5. The van der Waals surface area contributed by atoms with Crippen LogP contribution in [0.3, 0.4) is 0 Å². The third-order valence-electron chi connectivity index (χ3n) is 2.67. The molecule has 0 amide bonds. The summed E-state index contributed by atoms with van der Waals surface area (Å²) in [5.41, 5.74) is 2.62. The van der Waals surface area contributed by atoms with E-state index in [0.717, 1.165) is 23.9 Å². The second-order valence-corrected chi connectivity index (χ2v) is 5.56. The molecular formula is C15H22BrN. The van der Waals surface area contributed by atoms with E-state index in [1.54, 1.807) is 0 Å². The first-order chi connectivity index (χ1) is 8.11. The van der Waals surface area contributed by atoms with Crippen molar-refractivity contribution in [2.45, 2.75) is 39.2 Å². The average Bonchev–Trinajstić information content (AvgIpc) is 2.28. The van der Waals surface area contributed by atoms with Gasteiger partial charge in [0.25, 0.3) is 0 Å². The minimum atomic E-state index is 0.508. The van der Waals surface area contributed by atoms with Crippen LogP contribution in [0.4, 0.5) is 0 Å². The molecular weight excluding hydrogens is 274 g/mol. The Morgan fingerprint density at radius 3 is 2.53 bits per heavy atom. The van der Waals surface area contributed by atoms with Gasteiger partial charge in [0.05, 0.1) is 0 Å². The Morgan fingerprint density at radius 2 is 2.00 bits per heavy atom. The average molecular weight is 296 g/mol. The fourth-order valence-corrected chi connectivity index (χ4v) is 2.15. The zero-order chi connectivity index (χ0) is 12.7. The second-order valence-electron chi connectivity index (χ2n) is 4.64. The molecule has 1 rings (SSSR count). The van der Waals surface area contributed by atoms with E-state index in [2.05, 4.69) is 65.9 Å². The molecule has 0 spiro atoms. The molecule has 94 valence electrons. The van der Waals surface area contributed by atoms with Gasteiger partial charge in [-0.3, -0.25) is 0 Å². The Kier molecular flexibility index (Phi) is 6.53. The smallest absolute Gasteiger partial charge is 0.0175 e. The lowest BCUT2D eigenvalue weighted by atomic mass is 10.0. The molecule has 1 unspecified atom stereocenters. The van der Waals surface area contributed by atoms with Crippen molar-refractivity contribution in [2.75, 3.05) is 6.54 Å². The molecule has 2 heteroatoms. The zero-order valence-corrected chi connectivity index (χ0v) is 12.4. The van der Waals surface area contributed by atoms with Crippen LogP contribution in [-0.4, -0.2) is 12.6 Å². The predicted molar refractivity (Wildman–Crippen MR) is 79.4 cm³/mol. The molecule has 0 aliphatic heterocycles. The number of hydrogen-bond donors (Lipinski definition) is 1. The van der Waals surface area contributed by atoms with E-state index in [1.165, 1.54) is 17.6 Å². The highest BCUT2D eigenvalue weighted by Gasteiger charge is 2.08. The molecule has 0 bridgehead atoms. The monoisotopic (exact) mass is 295 g/mol. The molecule has 1 aromatic carbocycles. The SMILES string of the molecule is C=C(C)CC(Cc1ccc(Br)cc1)NCCC. The van der Waals surface area contributed by atoms with Crippen LogP contribution in [0.2, 0.25) is 0 Å². The zero-order valence-electron chi connectivity index (χ0n) is 10.8. The number of halogens is 1. The lowest BCUT2D eigenvalue weighted by Gasteiger charge is -2.18. The summed E-state index contributed by atoms with van der Waals surface area (Å²) in [5.74, 6) is 0. The van der Waals surface area contributed by atoms with Gasteiger partial charge in [-0.2, -0.15) is 0 Å². The van der Waals surface area contributed by atoms with Gasteiger partial charge in [-0.25, -0.2) is 0 Å². The molecule has 0 heterocycles. The summed E-state index contributed by atoms with van der Waals surface area (Å²) in [6, 6.07) is 9.08. The summed E-state index contributed by atoms with van der Waals surface area (Å²) in [7, 11) is 0. The Hall–Kier alpha value is -0.600. The summed E-state index contributed by atoms with van der Waals surface area (Å²) in [5, 5.41) is 3.59. The number of hydrogen-bond acceptors (Lipinski definition) is 1. The van der Waals surface area contributed by atoms with Crippen LogP contribution in [-0.2, 0) is 6.42 Å². The van der Waals surface area contributed by atoms with Gasteiger partial charge in [-0.15, -0.1) is 6.58 Å². The molecule has 1 N–H and O–H groups in total. The molecule has 0 saturated carbocycles. The maximum atomic E-state index is 4.01. The van der Waals surface area contributed by atoms with E-state index in [0.29, 0.717) is 6.04 Å². The molecule has 0 aromatic heterocycles. The standard InChI is InChI=1S/C15H22BrN/c1-4-9-17-15(10-12(2)3)11-13-5-7-14(16)8-6-13/h5-8,15,17H,2,4,9-11H2,1,3H3. The molecule has 0 saturated heterocycles. The van der Waals surface area contributed by atoms with Crippen molar-refractivity contribution < 1.29 is 0 Å². The Labute approximate surface area is 113 Å². The quantitative estimate of drug-likeness (QED) is 0.739. The van der Waals surface area contributed by atoms with Crippen molar-refractivity contribution in [3.63, 3.8) is 0 Å². The minimum absolute atomic E-state index is 0.508. The van der Waals surface area contributed by atoms with E-state index >= 15 is 0 Å². The largest absolute Gasteiger partial charge is 0.313 e. The van der Waals surface area contributed by atoms with E-state index in [9.17, 15) is 0 Å². The van der Waals surface area contributed by atoms with Crippen molar-refractivity contribution >= 4 is 15.9 Å². The van der Waals surface area contributed by atoms with Gasteiger partial charge in [0.1, 0.15) is 0 Å². The van der Waals surface area contributed by atoms with Crippen molar-refractivity contribution in [1.82, 2.24) is 5.32 Å². The van der Waals surface area contributed by atoms with Crippen LogP contribution < -0.4 is 5.32 Å². The fraction of sp³-hybridized carbons (Fsp3) is 0.467. The topological polar surface area (TPSA) is 12.0 Å². The van der Waals surface area contributed by atoms with Crippen molar-refractivity contribution in [3.8, 4) is 0 Å². The summed E-state index contributed by atoms with van der Waals surface area (Å²) in [6.45, 7) is 9.39. The van der Waals surface area contributed by atoms with Crippen LogP contribution in [0.1, 0.15) is 32.3 Å². The maximum Gasteiger partial charge on any atom is 0.0175 e. The van der Waals surface area contributed by atoms with Crippen LogP contribution in [0.15, 0.2) is 40.9 Å². The fourth-order valence-electron chi connectivity index (χ4n) is 1.89. The number of benzene rings is 1. The lowest BCUT2D eigenvalue weighted by molar-refractivity contribution is 0.503. The minimum Gasteiger partial charge on any atom is -0.313 e. The van der Waals surface area contributed by atoms with E-state index in [4.69, 9.17) is 0 Å². The van der Waals surface area contributed by atoms with E-state index in [-0.39, 0.29) is 0 Å². The molecule has 0 aliphatic carbocycles. The molecule has 1 aromatic rings. The molecule has 1 nitrogen and oxygen atoms in total. The third-order valence-corrected chi connectivity index (χ3v) is 3.20. The van der Waals surface area contributed by atoms with Crippen molar-refractivity contribution in [2.24, 2.45) is 0 Å². The van der Waals surface area contributed by atoms with Gasteiger partial charge in [0, 0.05) is 10.5 Å². The first-order valence-electron chi connectivity index (χ1n) is 6.24. The van der Waals surface area contributed by atoms with E-state index in [1.807, 2.05) is 0 Å². The maximum absolute atomic E-state index is 4.01. The summed E-state index contributed by atoms with van der Waals surface area (Å²) >= 11 is 3.46. The van der Waals surface area contributed by atoms with Crippen LogP contribution in [0.25, 0.3) is 0 Å². The van der Waals surface area contributed by atoms with Gasteiger partial charge in [0.2, 0.25) is 0 Å². The van der Waals surface area contributed by atoms with Crippen molar-refractivity contribution in [3.05, 3.63) is 46.5 Å². The normalized spacial score (nSPS) is 12.4. The second kappa shape index (κ2) is 7.67. The first-order valence-corrected chi connectivity index (χ1v) is 7.03. The third kappa shape index (κ3) is 6.04. The van der Waals surface area contributed by atoms with Crippen LogP contribution in [0, 0.1) is 0 Å². The highest BCUT2D eigenvalue weighted by Crippen LogP contribution is 2.14. The molecule has 0 aliphatic rings. The van der Waals surface area contributed by atoms with Gasteiger partial charge in [0.15, 0.2) is 0 Å². The molecule has 1 atom stereocenters. The summed E-state index contributed by atoms with van der Waals surface area (Å²) in [4.78, 5) is 0. The highest BCUT2D eigenvalue weighted by atomic mass is 79.9. The highest BCUT2D eigenvalue weighted by molar-refractivity contribution is 9.10. The van der Waals surface area contributed by atoms with Gasteiger partial charge < -0.3 is 5.32 Å². The van der Waals surface area contributed by atoms with Gasteiger partial charge in [-0.1, -0.05) is 40.6 Å². The van der Waals surface area contributed by atoms with E-state index < -0.39 is 0 Å². The van der Waals surface area contributed by atoms with Gasteiger partial charge in [-0.05, 0) is 50.4 Å². The summed E-state index contributed by atoms with van der Waals surface area (Å²) < 4.78 is 1.14. The molecule has 0 radical (unpaired) electrons. The Morgan fingerprint density at radius 1 is 1.35 bits per heavy atom.